The van der Waals surface area contributed by atoms with E-state index in [0.29, 0.717) is 6.61 Å². The molecule has 1 aromatic heterocycles. The van der Waals surface area contributed by atoms with Crippen LogP contribution in [0.1, 0.15) is 47.6 Å². The lowest BCUT2D eigenvalue weighted by atomic mass is 9.93. The highest BCUT2D eigenvalue weighted by Crippen LogP contribution is 2.37. The maximum Gasteiger partial charge on any atom is 0.185 e. The van der Waals surface area contributed by atoms with Crippen LogP contribution in [0.2, 0.25) is 0 Å². The summed E-state index contributed by atoms with van der Waals surface area (Å²) >= 11 is 1.75. The number of rotatable bonds is 5. The van der Waals surface area contributed by atoms with Crippen molar-refractivity contribution in [3.63, 3.8) is 0 Å². The number of thiazole rings is 1. The number of nitrogens with zero attached hydrogens (tertiary/aromatic N) is 2. The van der Waals surface area contributed by atoms with Gasteiger partial charge in [0.25, 0.3) is 0 Å². The van der Waals surface area contributed by atoms with E-state index in [1.165, 1.54) is 35.1 Å². The first-order valence-corrected chi connectivity index (χ1v) is 12.7. The molecule has 0 unspecified atom stereocenters. The highest BCUT2D eigenvalue weighted by atomic mass is 32.1. The van der Waals surface area contributed by atoms with E-state index in [4.69, 9.17) is 9.72 Å². The Kier molecular flexibility index (Phi) is 6.20. The first-order chi connectivity index (χ1) is 15.6. The van der Waals surface area contributed by atoms with E-state index in [-0.39, 0.29) is 0 Å². The summed E-state index contributed by atoms with van der Waals surface area (Å²) in [6.07, 6.45) is 3.68. The number of hydrogen-bond acceptors (Lipinski definition) is 5. The Hall–Kier alpha value is -2.37. The van der Waals surface area contributed by atoms with Crippen LogP contribution in [0.5, 0.6) is 5.75 Å². The minimum Gasteiger partial charge on any atom is -0.488 e. The summed E-state index contributed by atoms with van der Waals surface area (Å²) in [5.41, 5.74) is 8.86. The fourth-order valence-electron chi connectivity index (χ4n) is 5.06. The van der Waals surface area contributed by atoms with Gasteiger partial charge in [-0.3, -0.25) is 0 Å². The summed E-state index contributed by atoms with van der Waals surface area (Å²) < 4.78 is 6.49. The van der Waals surface area contributed by atoms with E-state index in [1.54, 1.807) is 11.3 Å². The van der Waals surface area contributed by atoms with Gasteiger partial charge in [0.15, 0.2) is 5.13 Å². The average Bonchev–Trinajstić information content (AvgIpc) is 3.30. The van der Waals surface area contributed by atoms with Crippen molar-refractivity contribution < 1.29 is 4.74 Å². The number of benzene rings is 2. The topological polar surface area (TPSA) is 37.4 Å². The first-order valence-electron chi connectivity index (χ1n) is 11.8. The molecule has 3 heterocycles. The fourth-order valence-corrected chi connectivity index (χ4v) is 5.92. The third-order valence-electron chi connectivity index (χ3n) is 6.95. The van der Waals surface area contributed by atoms with Gasteiger partial charge in [-0.2, -0.15) is 0 Å². The van der Waals surface area contributed by atoms with Gasteiger partial charge in [0.05, 0.1) is 5.69 Å². The van der Waals surface area contributed by atoms with Crippen molar-refractivity contribution in [2.75, 3.05) is 24.5 Å². The van der Waals surface area contributed by atoms with Gasteiger partial charge in [0.1, 0.15) is 12.4 Å². The molecule has 0 aliphatic carbocycles. The van der Waals surface area contributed by atoms with E-state index in [9.17, 15) is 0 Å². The van der Waals surface area contributed by atoms with Gasteiger partial charge in [0, 0.05) is 30.6 Å². The predicted octanol–water partition coefficient (Wildman–Crippen LogP) is 5.89. The zero-order valence-corrected chi connectivity index (χ0v) is 20.2. The predicted molar refractivity (Wildman–Crippen MR) is 134 cm³/mol. The number of para-hydroxylation sites is 1. The van der Waals surface area contributed by atoms with E-state index < -0.39 is 0 Å². The number of ether oxygens (including phenoxy) is 1. The van der Waals surface area contributed by atoms with E-state index in [0.717, 1.165) is 66.2 Å². The molecule has 168 valence electrons. The number of hydrogen-bond donors (Lipinski definition) is 1. The van der Waals surface area contributed by atoms with Crippen molar-refractivity contribution in [2.45, 2.75) is 53.2 Å². The lowest BCUT2D eigenvalue weighted by Gasteiger charge is -2.30. The molecule has 1 atom stereocenters. The molecule has 1 saturated heterocycles. The maximum absolute atomic E-state index is 6.49. The fraction of sp³-hybridized carbons (Fsp3) is 0.444. The maximum atomic E-state index is 6.49. The van der Waals surface area contributed by atoms with Crippen LogP contribution in [0.3, 0.4) is 0 Å². The molecule has 0 spiro atoms. The van der Waals surface area contributed by atoms with Crippen LogP contribution < -0.4 is 15.0 Å². The van der Waals surface area contributed by atoms with Gasteiger partial charge < -0.3 is 15.0 Å². The number of piperidine rings is 1. The van der Waals surface area contributed by atoms with Crippen LogP contribution in [0.25, 0.3) is 11.3 Å². The monoisotopic (exact) mass is 447 g/mol. The summed E-state index contributed by atoms with van der Waals surface area (Å²) in [6, 6.07) is 10.9. The Morgan fingerprint density at radius 3 is 3.00 bits per heavy atom. The van der Waals surface area contributed by atoms with E-state index in [1.807, 2.05) is 0 Å². The number of aromatic nitrogens is 1. The summed E-state index contributed by atoms with van der Waals surface area (Å²) in [7, 11) is 0. The van der Waals surface area contributed by atoms with Gasteiger partial charge in [0.2, 0.25) is 0 Å². The normalized spacial score (nSPS) is 18.5. The van der Waals surface area contributed by atoms with E-state index in [2.05, 4.69) is 66.7 Å². The van der Waals surface area contributed by atoms with Gasteiger partial charge >= 0.3 is 0 Å². The Labute approximate surface area is 195 Å². The molecule has 1 fully saturated rings. The molecular weight excluding hydrogens is 414 g/mol. The molecule has 4 nitrogen and oxygen atoms in total. The largest absolute Gasteiger partial charge is 0.488 e. The minimum atomic E-state index is 0.588. The van der Waals surface area contributed by atoms with Crippen LogP contribution in [0.15, 0.2) is 35.7 Å². The van der Waals surface area contributed by atoms with Crippen LogP contribution in [-0.2, 0) is 19.6 Å². The lowest BCUT2D eigenvalue weighted by Crippen LogP contribution is -2.34. The number of anilines is 1. The second-order valence-electron chi connectivity index (χ2n) is 9.36. The van der Waals surface area contributed by atoms with Crippen LogP contribution in [-0.4, -0.2) is 24.6 Å². The second-order valence-corrected chi connectivity index (χ2v) is 10.2. The number of fused-ring (bicyclic) bond motifs is 1. The van der Waals surface area contributed by atoms with Crippen molar-refractivity contribution in [3.8, 4) is 17.0 Å². The van der Waals surface area contributed by atoms with Crippen molar-refractivity contribution in [3.05, 3.63) is 63.5 Å². The van der Waals surface area contributed by atoms with E-state index >= 15 is 0 Å². The zero-order chi connectivity index (χ0) is 22.1. The van der Waals surface area contributed by atoms with Gasteiger partial charge in [-0.25, -0.2) is 4.98 Å². The van der Waals surface area contributed by atoms with Crippen molar-refractivity contribution in [1.29, 1.82) is 0 Å². The van der Waals surface area contributed by atoms with Gasteiger partial charge in [-0.15, -0.1) is 11.3 Å². The summed E-state index contributed by atoms with van der Waals surface area (Å²) in [4.78, 5) is 7.48. The third-order valence-corrected chi connectivity index (χ3v) is 7.86. The third kappa shape index (κ3) is 4.28. The molecule has 5 rings (SSSR count). The molecule has 2 aromatic carbocycles. The Morgan fingerprint density at radius 2 is 2.12 bits per heavy atom. The van der Waals surface area contributed by atoms with Gasteiger partial charge in [-0.1, -0.05) is 31.2 Å². The summed E-state index contributed by atoms with van der Waals surface area (Å²) in [6.45, 7) is 11.6. The minimum absolute atomic E-state index is 0.588. The highest BCUT2D eigenvalue weighted by Gasteiger charge is 2.21. The SMILES string of the molecule is Cc1cccc(-c2csc(N3CCC[C@H](C)C3)n2)c1OCc1ccc2c(c1C)CCNC2. The Bertz CT molecular complexity index is 1110. The quantitative estimate of drug-likeness (QED) is 0.529. The summed E-state index contributed by atoms with van der Waals surface area (Å²) in [5.74, 6) is 1.69. The van der Waals surface area contributed by atoms with Gasteiger partial charge in [-0.05, 0) is 79.5 Å². The Morgan fingerprint density at radius 1 is 1.22 bits per heavy atom. The average molecular weight is 448 g/mol. The number of nitrogens with one attached hydrogen (secondary N) is 1. The molecule has 1 N–H and O–H groups in total. The van der Waals surface area contributed by atoms with Crippen molar-refractivity contribution >= 4 is 16.5 Å². The van der Waals surface area contributed by atoms with Crippen LogP contribution >= 0.6 is 11.3 Å². The van der Waals surface area contributed by atoms with Crippen molar-refractivity contribution in [2.24, 2.45) is 5.92 Å². The molecule has 0 bridgehead atoms. The molecule has 3 aromatic rings. The highest BCUT2D eigenvalue weighted by molar-refractivity contribution is 7.14. The second kappa shape index (κ2) is 9.24. The molecule has 5 heteroatoms. The molecule has 32 heavy (non-hydrogen) atoms. The Balaban J connectivity index is 1.39. The molecule has 2 aliphatic heterocycles. The first kappa shape index (κ1) is 21.5. The molecule has 0 radical (unpaired) electrons. The standard InChI is InChI=1S/C27H33N3OS/c1-18-6-5-13-30(15-18)27-29-25(17-32-27)24-8-4-7-19(2)26(24)31-16-22-10-9-21-14-28-12-11-23(21)20(22)3/h4,7-10,17-18,28H,5-6,11-16H2,1-3H3/t18-/m0/s1. The lowest BCUT2D eigenvalue weighted by molar-refractivity contribution is 0.304. The molecule has 0 saturated carbocycles. The van der Waals surface area contributed by atoms with Crippen LogP contribution in [0.4, 0.5) is 5.13 Å². The van der Waals surface area contributed by atoms with Crippen LogP contribution in [0, 0.1) is 19.8 Å². The molecule has 0 amide bonds. The summed E-state index contributed by atoms with van der Waals surface area (Å²) in [5, 5.41) is 6.79. The molecule has 2 aliphatic rings. The number of aryl methyl sites for hydroxylation is 1. The van der Waals surface area contributed by atoms with Crippen molar-refractivity contribution in [1.82, 2.24) is 10.3 Å². The smallest absolute Gasteiger partial charge is 0.185 e. The molecular formula is C27H33N3OS. The zero-order valence-electron chi connectivity index (χ0n) is 19.4.